The van der Waals surface area contributed by atoms with Crippen molar-refractivity contribution in [3.8, 4) is 0 Å². The lowest BCUT2D eigenvalue weighted by Crippen LogP contribution is -2.10. The molecule has 18 heavy (non-hydrogen) atoms. The van der Waals surface area contributed by atoms with Gasteiger partial charge in [0.15, 0.2) is 0 Å². The summed E-state index contributed by atoms with van der Waals surface area (Å²) in [4.78, 5) is 0.324. The average Bonchev–Trinajstić information content (AvgIpc) is 2.79. The normalized spacial score (nSPS) is 11.7. The van der Waals surface area contributed by atoms with E-state index in [-0.39, 0.29) is 0 Å². The van der Waals surface area contributed by atoms with Gasteiger partial charge in [-0.1, -0.05) is 40.3 Å². The molecule has 0 saturated heterocycles. The van der Waals surface area contributed by atoms with Crippen LogP contribution in [-0.4, -0.2) is 16.8 Å². The largest absolute Gasteiger partial charge is 0.267 e. The van der Waals surface area contributed by atoms with E-state index in [0.29, 0.717) is 4.90 Å². The highest BCUT2D eigenvalue weighted by Gasteiger charge is 2.16. The molecule has 0 radical (unpaired) electrons. The Morgan fingerprint density at radius 1 is 1.17 bits per heavy atom. The van der Waals surface area contributed by atoms with Crippen LogP contribution in [0.5, 0.6) is 0 Å². The number of alkyl halides is 1. The molecule has 1 heterocycles. The van der Waals surface area contributed by atoms with E-state index in [2.05, 4.69) is 22.6 Å². The van der Waals surface area contributed by atoms with E-state index in [9.17, 15) is 8.42 Å². The van der Waals surface area contributed by atoms with Gasteiger partial charge in [0.05, 0.1) is 4.90 Å². The molecule has 0 unspecified atom stereocenters. The van der Waals surface area contributed by atoms with Crippen molar-refractivity contribution in [3.05, 3.63) is 53.9 Å². The zero-order valence-corrected chi connectivity index (χ0v) is 13.0. The number of rotatable bonds is 4. The van der Waals surface area contributed by atoms with E-state index in [1.807, 2.05) is 25.1 Å². The van der Waals surface area contributed by atoms with E-state index < -0.39 is 10.0 Å². The molecule has 0 aliphatic rings. The molecule has 5 heteroatoms. The van der Waals surface area contributed by atoms with Gasteiger partial charge in [-0.2, -0.15) is 0 Å². The van der Waals surface area contributed by atoms with Crippen LogP contribution in [0.1, 0.15) is 11.1 Å². The van der Waals surface area contributed by atoms with Gasteiger partial charge >= 0.3 is 0 Å². The molecule has 0 atom stereocenters. The lowest BCUT2D eigenvalue weighted by molar-refractivity contribution is 0.587. The second-order valence-corrected chi connectivity index (χ2v) is 7.03. The van der Waals surface area contributed by atoms with Crippen molar-refractivity contribution >= 4 is 32.6 Å². The molecular formula is C13H14INO2S. The van der Waals surface area contributed by atoms with Gasteiger partial charge in [-0.05, 0) is 37.1 Å². The van der Waals surface area contributed by atoms with Crippen LogP contribution >= 0.6 is 22.6 Å². The van der Waals surface area contributed by atoms with Crippen LogP contribution in [0.15, 0.2) is 47.6 Å². The zero-order chi connectivity index (χ0) is 13.2. The van der Waals surface area contributed by atoms with Gasteiger partial charge in [-0.25, -0.2) is 12.4 Å². The van der Waals surface area contributed by atoms with Gasteiger partial charge in [0.1, 0.15) is 0 Å². The molecule has 2 aromatic rings. The van der Waals surface area contributed by atoms with Crippen molar-refractivity contribution in [2.24, 2.45) is 0 Å². The number of aryl methyl sites for hydroxylation is 2. The Morgan fingerprint density at radius 3 is 2.44 bits per heavy atom. The Hall–Kier alpha value is -0.820. The minimum absolute atomic E-state index is 0.324. The maximum Gasteiger partial charge on any atom is 0.267 e. The zero-order valence-electron chi connectivity index (χ0n) is 10.0. The van der Waals surface area contributed by atoms with Crippen molar-refractivity contribution in [1.82, 2.24) is 3.97 Å². The van der Waals surface area contributed by atoms with Crippen molar-refractivity contribution in [2.45, 2.75) is 18.2 Å². The molecule has 0 aliphatic carbocycles. The fourth-order valence-corrected chi connectivity index (χ4v) is 3.50. The van der Waals surface area contributed by atoms with Gasteiger partial charge in [-0.3, -0.25) is 0 Å². The third-order valence-electron chi connectivity index (χ3n) is 2.71. The Bertz CT molecular complexity index is 629. The summed E-state index contributed by atoms with van der Waals surface area (Å²) in [5, 5.41) is 0. The number of hydrogen-bond acceptors (Lipinski definition) is 2. The summed E-state index contributed by atoms with van der Waals surface area (Å²) >= 11 is 2.28. The van der Waals surface area contributed by atoms with Crippen LogP contribution in [0.25, 0.3) is 0 Å². The number of hydrogen-bond donors (Lipinski definition) is 0. The third-order valence-corrected chi connectivity index (χ3v) is 4.90. The monoisotopic (exact) mass is 375 g/mol. The summed E-state index contributed by atoms with van der Waals surface area (Å²) in [6.45, 7) is 1.94. The van der Waals surface area contributed by atoms with Crippen LogP contribution in [0.2, 0.25) is 0 Å². The number of aromatic nitrogens is 1. The van der Waals surface area contributed by atoms with Gasteiger partial charge in [0, 0.05) is 16.8 Å². The highest BCUT2D eigenvalue weighted by molar-refractivity contribution is 14.1. The van der Waals surface area contributed by atoms with Crippen molar-refractivity contribution in [1.29, 1.82) is 0 Å². The van der Waals surface area contributed by atoms with Crippen molar-refractivity contribution in [2.75, 3.05) is 4.43 Å². The SMILES string of the molecule is Cc1ccc(S(=O)(=O)n2ccc(CCI)c2)cc1. The predicted octanol–water partition coefficient (Wildman–Crippen LogP) is 3.01. The van der Waals surface area contributed by atoms with Crippen LogP contribution < -0.4 is 0 Å². The van der Waals surface area contributed by atoms with Crippen LogP contribution in [0, 0.1) is 6.92 Å². The molecule has 0 spiro atoms. The van der Waals surface area contributed by atoms with E-state index in [0.717, 1.165) is 22.0 Å². The van der Waals surface area contributed by atoms with E-state index in [1.165, 1.54) is 3.97 Å². The topological polar surface area (TPSA) is 39.1 Å². The minimum Gasteiger partial charge on any atom is -0.249 e. The molecule has 0 aliphatic heterocycles. The minimum atomic E-state index is -3.44. The summed E-state index contributed by atoms with van der Waals surface area (Å²) in [6, 6.07) is 8.75. The maximum atomic E-state index is 12.3. The highest BCUT2D eigenvalue weighted by atomic mass is 127. The first-order valence-corrected chi connectivity index (χ1v) is 8.55. The summed E-state index contributed by atoms with van der Waals surface area (Å²) in [5.41, 5.74) is 2.09. The second kappa shape index (κ2) is 5.44. The molecule has 2 rings (SSSR count). The van der Waals surface area contributed by atoms with E-state index >= 15 is 0 Å². The predicted molar refractivity (Wildman–Crippen MR) is 80.8 cm³/mol. The Kier molecular flexibility index (Phi) is 4.11. The van der Waals surface area contributed by atoms with E-state index in [4.69, 9.17) is 0 Å². The summed E-state index contributed by atoms with van der Waals surface area (Å²) < 4.78 is 26.9. The number of halogens is 1. The lowest BCUT2D eigenvalue weighted by atomic mass is 10.2. The number of benzene rings is 1. The van der Waals surface area contributed by atoms with E-state index in [1.54, 1.807) is 24.5 Å². The third kappa shape index (κ3) is 2.77. The molecular weight excluding hydrogens is 361 g/mol. The summed E-state index contributed by atoms with van der Waals surface area (Å²) in [6.07, 6.45) is 4.18. The first kappa shape index (κ1) is 13.6. The molecule has 3 nitrogen and oxygen atoms in total. The molecule has 1 aromatic carbocycles. The molecule has 0 amide bonds. The lowest BCUT2D eigenvalue weighted by Gasteiger charge is -2.05. The van der Waals surface area contributed by atoms with Gasteiger partial charge in [-0.15, -0.1) is 0 Å². The molecule has 96 valence electrons. The molecule has 0 saturated carbocycles. The Labute approximate surface area is 121 Å². The summed E-state index contributed by atoms with van der Waals surface area (Å²) in [5.74, 6) is 0. The van der Waals surface area contributed by atoms with Crippen LogP contribution in [0.4, 0.5) is 0 Å². The average molecular weight is 375 g/mol. The Balaban J connectivity index is 2.38. The van der Waals surface area contributed by atoms with Crippen LogP contribution in [0.3, 0.4) is 0 Å². The van der Waals surface area contributed by atoms with Gasteiger partial charge in [0.25, 0.3) is 10.0 Å². The first-order chi connectivity index (χ1) is 8.54. The van der Waals surface area contributed by atoms with Gasteiger partial charge < -0.3 is 0 Å². The molecule has 0 N–H and O–H groups in total. The summed E-state index contributed by atoms with van der Waals surface area (Å²) in [7, 11) is -3.44. The second-order valence-electron chi connectivity index (χ2n) is 4.11. The van der Waals surface area contributed by atoms with Crippen molar-refractivity contribution in [3.63, 3.8) is 0 Å². The smallest absolute Gasteiger partial charge is 0.249 e. The first-order valence-electron chi connectivity index (χ1n) is 5.59. The molecule has 0 fully saturated rings. The molecule has 0 bridgehead atoms. The van der Waals surface area contributed by atoms with Crippen LogP contribution in [-0.2, 0) is 16.4 Å². The Morgan fingerprint density at radius 2 is 1.83 bits per heavy atom. The quantitative estimate of drug-likeness (QED) is 0.609. The van der Waals surface area contributed by atoms with Crippen molar-refractivity contribution < 1.29 is 8.42 Å². The maximum absolute atomic E-state index is 12.3. The fraction of sp³-hybridized carbons (Fsp3) is 0.231. The highest BCUT2D eigenvalue weighted by Crippen LogP contribution is 2.16. The standard InChI is InChI=1S/C13H14INO2S/c1-11-2-4-13(5-3-11)18(16,17)15-9-7-12(10-15)6-8-14/h2-5,7,9-10H,6,8H2,1H3. The number of nitrogens with zero attached hydrogens (tertiary/aromatic N) is 1. The fourth-order valence-electron chi connectivity index (χ4n) is 1.66. The molecule has 1 aromatic heterocycles. The van der Waals surface area contributed by atoms with Gasteiger partial charge in [0.2, 0.25) is 0 Å².